The van der Waals surface area contributed by atoms with Crippen molar-refractivity contribution < 1.29 is 73.0 Å². The number of carbonyl (C=O) groups excluding carboxylic acids is 4. The molecular weight excluding hydrogens is 1500 g/mol. The number of halogens is 9. The number of ketones is 4. The Kier molecular flexibility index (Phi) is 29.2. The van der Waals surface area contributed by atoms with Gasteiger partial charge in [0.1, 0.15) is 51.9 Å². The minimum absolute atomic E-state index is 0. The third kappa shape index (κ3) is 22.9. The Morgan fingerprint density at radius 3 is 1.58 bits per heavy atom. The molecule has 5 atom stereocenters. The van der Waals surface area contributed by atoms with Gasteiger partial charge in [0, 0.05) is 148 Å². The van der Waals surface area contributed by atoms with E-state index in [-0.39, 0.29) is 78.2 Å². The van der Waals surface area contributed by atoms with E-state index < -0.39 is 69.7 Å². The monoisotopic (exact) mass is 1620 g/mol. The number of piperazine rings is 2. The first-order valence-corrected chi connectivity index (χ1v) is 38.1. The van der Waals surface area contributed by atoms with Gasteiger partial charge in [0.2, 0.25) is 23.1 Å². The van der Waals surface area contributed by atoms with Gasteiger partial charge in [-0.05, 0) is 187 Å². The van der Waals surface area contributed by atoms with Crippen molar-refractivity contribution in [2.75, 3.05) is 72.0 Å². The molecule has 2 aliphatic heterocycles. The zero-order valence-corrected chi connectivity index (χ0v) is 65.5. The number of aromatic nitrogens is 8. The third-order valence-corrected chi connectivity index (χ3v) is 19.8. The molecule has 628 valence electrons. The lowest BCUT2D eigenvalue weighted by atomic mass is 9.91. The number of nitrogen functional groups attached to an aromatic ring is 1. The summed E-state index contributed by atoms with van der Waals surface area (Å²) in [5.41, 5.74) is 13.2. The van der Waals surface area contributed by atoms with E-state index in [0.717, 1.165) is 97.3 Å². The van der Waals surface area contributed by atoms with Crippen molar-refractivity contribution in [1.29, 1.82) is 0 Å². The first-order chi connectivity index (χ1) is 55.2. The van der Waals surface area contributed by atoms with Crippen LogP contribution in [0.4, 0.5) is 68.6 Å². The first-order valence-electron chi connectivity index (χ1n) is 38.1. The standard InChI is InChI=1S/C24H23F3N4O.C23H30N4O.C22H20F3N3O.C18H20F3N5O.10H2/c1-15-5-3-6-17(13-15)20-14-31(12-11-29-20)21-9-8-19(24(25,26)27)22(30-21)23(32)18-7-4-10-28-16(18)2;1-5-7-18-9-10-21(27-13-12-25-19(15-27)14-16(2)3)26-22(18)23(28)20-8-6-11-24-17(20)4;1-14(16-7-4-3-5-8-16)13-27-19-11-10-18(22(23,24)25)20(28-19)21(29)17-9-6-12-26-15(17)2;19-18(20,21)13-6-7-14(25-11-4-1-3-10(22)9-11)26-15(13)16(27)12-5-2-8-24-17(12)23;;;;;;;;;;/h3-10,13,20,29H,11-12,14H2,1-2H3;5-11,16,19,25H,12-15H2,1-4H3;3-12,14H,13H2,1-2H3,(H,27,28);2,5-8,10-11H,1,3-4,9,22H2,(H2,23,24)(H,25,26);10*1H/b;7-5-;;;;;;;;;;;;/t;19-;14-;;;;;;;;;;;/m.01.........../s1. The van der Waals surface area contributed by atoms with Crippen molar-refractivity contribution in [2.45, 2.75) is 136 Å². The number of nitrogens with two attached hydrogens (primary N) is 2. The molecule has 1 aliphatic carbocycles. The molecule has 116 heavy (non-hydrogen) atoms. The van der Waals surface area contributed by atoms with Crippen LogP contribution in [0, 0.1) is 33.6 Å². The number of aryl methyl sites for hydroxylation is 4. The molecule has 8 aromatic heterocycles. The molecule has 0 amide bonds. The molecule has 3 aliphatic rings. The van der Waals surface area contributed by atoms with E-state index in [1.807, 2.05) is 111 Å². The van der Waals surface area contributed by atoms with Gasteiger partial charge in [-0.3, -0.25) is 34.1 Å². The lowest BCUT2D eigenvalue weighted by Crippen LogP contribution is -2.51. The molecule has 1 saturated carbocycles. The van der Waals surface area contributed by atoms with Crippen LogP contribution in [0.15, 0.2) is 183 Å². The topological polar surface area (TPSA) is 278 Å². The number of pyridine rings is 8. The van der Waals surface area contributed by atoms with Crippen LogP contribution in [0.25, 0.3) is 6.08 Å². The summed E-state index contributed by atoms with van der Waals surface area (Å²) < 4.78 is 122. The first kappa shape index (κ1) is 86.7. The fourth-order valence-corrected chi connectivity index (χ4v) is 13.9. The van der Waals surface area contributed by atoms with E-state index in [1.54, 1.807) is 26.1 Å². The van der Waals surface area contributed by atoms with Gasteiger partial charge in [-0.2, -0.15) is 39.5 Å². The Morgan fingerprint density at radius 1 is 0.552 bits per heavy atom. The molecular formula is C87H113F9N16O4. The number of rotatable bonds is 20. The van der Waals surface area contributed by atoms with E-state index in [0.29, 0.717) is 73.0 Å². The Labute approximate surface area is 682 Å². The summed E-state index contributed by atoms with van der Waals surface area (Å²) in [6.07, 6.45) is 0.324. The highest BCUT2D eigenvalue weighted by Gasteiger charge is 2.41. The summed E-state index contributed by atoms with van der Waals surface area (Å²) in [4.78, 5) is 89.1. The van der Waals surface area contributed by atoms with E-state index in [1.165, 1.54) is 73.2 Å². The molecule has 8 N–H and O–H groups in total. The Balaban J connectivity index is 0.00000161. The molecule has 3 fully saturated rings. The molecule has 10 heterocycles. The van der Waals surface area contributed by atoms with E-state index in [4.69, 9.17) is 16.5 Å². The van der Waals surface area contributed by atoms with E-state index >= 15 is 0 Å². The summed E-state index contributed by atoms with van der Waals surface area (Å²) in [6.45, 7) is 20.4. The number of carbonyl (C=O) groups is 4. The van der Waals surface area contributed by atoms with Gasteiger partial charge in [0.05, 0.1) is 22.3 Å². The van der Waals surface area contributed by atoms with Crippen LogP contribution >= 0.6 is 0 Å². The minimum Gasteiger partial charge on any atom is -0.383 e. The maximum atomic E-state index is 13.7. The third-order valence-electron chi connectivity index (χ3n) is 19.8. The number of nitrogens with one attached hydrogen (secondary N) is 4. The predicted molar refractivity (Wildman–Crippen MR) is 452 cm³/mol. The van der Waals surface area contributed by atoms with Crippen molar-refractivity contribution in [3.63, 3.8) is 0 Å². The minimum atomic E-state index is -4.72. The molecule has 10 aromatic rings. The number of anilines is 5. The van der Waals surface area contributed by atoms with Crippen molar-refractivity contribution in [3.8, 4) is 0 Å². The summed E-state index contributed by atoms with van der Waals surface area (Å²) >= 11 is 0. The number of hydrogen-bond acceptors (Lipinski definition) is 20. The maximum Gasteiger partial charge on any atom is 0.418 e. The second-order valence-electron chi connectivity index (χ2n) is 29.1. The van der Waals surface area contributed by atoms with Crippen molar-refractivity contribution >= 4 is 58.3 Å². The summed E-state index contributed by atoms with van der Waals surface area (Å²) in [6, 6.07) is 41.2. The van der Waals surface area contributed by atoms with Gasteiger partial charge in [0.25, 0.3) is 0 Å². The SMILES string of the molecule is C/C=C\c1ccc(N2CCN[C@@H](CC(C)C)C2)nc1C(=O)c1cccnc1C.Cc1cccc(C2CN(c3ccc(C(F)(F)F)c(C(=O)c4cccnc4C)n3)CCN2)c1.Cc1ncccc1C(=O)c1nc(NC[C@@H](C)c2ccccc2)ccc1C(F)(F)F.Nc1ncccc1C(=O)c1nc(NC2CCCC(N)C2)ccc1C(F)(F)F.[HH].[HH].[HH].[HH].[HH].[HH].[HH].[HH].[HH].[HH]. The van der Waals surface area contributed by atoms with Crippen molar-refractivity contribution in [1.82, 2.24) is 50.5 Å². The molecule has 29 heteroatoms. The number of allylic oxidation sites excluding steroid dienone is 1. The fraction of sp³-hybridized carbons (Fsp3) is 0.333. The molecule has 0 bridgehead atoms. The summed E-state index contributed by atoms with van der Waals surface area (Å²) in [5, 5.41) is 13.2. The van der Waals surface area contributed by atoms with Crippen LogP contribution in [0.1, 0.15) is 206 Å². The highest BCUT2D eigenvalue weighted by molar-refractivity contribution is 6.12. The van der Waals surface area contributed by atoms with Gasteiger partial charge in [-0.1, -0.05) is 93.1 Å². The lowest BCUT2D eigenvalue weighted by Gasteiger charge is -2.35. The average Bonchev–Trinajstić information content (AvgIpc) is 0.432. The van der Waals surface area contributed by atoms with Crippen LogP contribution in [0.5, 0.6) is 0 Å². The summed E-state index contributed by atoms with van der Waals surface area (Å²) in [7, 11) is 0. The van der Waals surface area contributed by atoms with E-state index in [9.17, 15) is 58.7 Å². The van der Waals surface area contributed by atoms with E-state index in [2.05, 4.69) is 81.0 Å². The van der Waals surface area contributed by atoms with Gasteiger partial charge < -0.3 is 42.5 Å². The largest absolute Gasteiger partial charge is 0.418 e. The lowest BCUT2D eigenvalue weighted by molar-refractivity contribution is -0.138. The highest BCUT2D eigenvalue weighted by Crippen LogP contribution is 2.38. The van der Waals surface area contributed by atoms with Gasteiger partial charge >= 0.3 is 18.5 Å². The van der Waals surface area contributed by atoms with Crippen molar-refractivity contribution in [2.24, 2.45) is 11.7 Å². The number of benzene rings is 2. The van der Waals surface area contributed by atoms with Crippen LogP contribution in [0.2, 0.25) is 0 Å². The zero-order valence-electron chi connectivity index (χ0n) is 65.5. The number of alkyl halides is 9. The fourth-order valence-electron chi connectivity index (χ4n) is 13.9. The summed E-state index contributed by atoms with van der Waals surface area (Å²) in [5.74, 6) is -0.333. The number of hydrogen-bond donors (Lipinski definition) is 6. The molecule has 0 spiro atoms. The number of nitrogens with zero attached hydrogens (tertiary/aromatic N) is 10. The quantitative estimate of drug-likeness (QED) is 0.0305. The van der Waals surface area contributed by atoms with Crippen LogP contribution in [-0.2, 0) is 18.5 Å². The second kappa shape index (κ2) is 39.1. The zero-order chi connectivity index (χ0) is 83.6. The molecule has 3 unspecified atom stereocenters. The van der Waals surface area contributed by atoms with Gasteiger partial charge in [-0.15, -0.1) is 0 Å². The predicted octanol–water partition coefficient (Wildman–Crippen LogP) is 19.1. The van der Waals surface area contributed by atoms with Crippen LogP contribution in [0.3, 0.4) is 0 Å². The Morgan fingerprint density at radius 2 is 1.04 bits per heavy atom. The molecule has 2 aromatic carbocycles. The second-order valence-corrected chi connectivity index (χ2v) is 29.1. The van der Waals surface area contributed by atoms with Gasteiger partial charge in [0.15, 0.2) is 0 Å². The Hall–Kier alpha value is -11.7. The van der Waals surface area contributed by atoms with Crippen LogP contribution in [-0.4, -0.2) is 127 Å². The smallest absolute Gasteiger partial charge is 0.383 e. The Bertz CT molecular complexity index is 5150. The molecule has 0 radical (unpaired) electrons. The molecule has 13 rings (SSSR count). The molecule has 2 saturated heterocycles. The van der Waals surface area contributed by atoms with Crippen molar-refractivity contribution in [3.05, 3.63) is 284 Å². The maximum absolute atomic E-state index is 13.7. The highest BCUT2D eigenvalue weighted by atomic mass is 19.4. The molecule has 20 nitrogen and oxygen atoms in total. The van der Waals surface area contributed by atoms with Crippen LogP contribution < -0.4 is 42.5 Å². The van der Waals surface area contributed by atoms with Gasteiger partial charge in [-0.25, -0.2) is 24.9 Å². The normalized spacial score (nSPS) is 16.7. The average molecular weight is 1620 g/mol.